The molecule has 0 heterocycles. The maximum absolute atomic E-state index is 8.00. The van der Waals surface area contributed by atoms with E-state index in [1.54, 1.807) is 20.3 Å². The van der Waals surface area contributed by atoms with Crippen molar-refractivity contribution < 1.29 is 9.53 Å². The molecule has 0 unspecified atom stereocenters. The number of allylic oxidation sites excluding steroid dienone is 1. The molecular formula is C18H46O2. The summed E-state index contributed by atoms with van der Waals surface area (Å²) in [5, 5.41) is 0. The first kappa shape index (κ1) is 61.9. The predicted octanol–water partition coefficient (Wildman–Crippen LogP) is 6.98. The van der Waals surface area contributed by atoms with Gasteiger partial charge in [-0.3, -0.25) is 0 Å². The minimum absolute atomic E-state index is 1.62. The molecule has 2 heteroatoms. The molecule has 0 rings (SSSR count). The first-order chi connectivity index (χ1) is 9.83. The molecule has 130 valence electrons. The Balaban J connectivity index is -0.00000000981. The van der Waals surface area contributed by atoms with E-state index < -0.39 is 0 Å². The van der Waals surface area contributed by atoms with Crippen LogP contribution in [0.3, 0.4) is 0 Å². The Kier molecular flexibility index (Phi) is 21700. The quantitative estimate of drug-likeness (QED) is 0.450. The van der Waals surface area contributed by atoms with Gasteiger partial charge in [0.05, 0.1) is 0 Å². The fourth-order valence-corrected chi connectivity index (χ4v) is 0. The molecule has 0 aliphatic rings. The fourth-order valence-electron chi connectivity index (χ4n) is 0. The Morgan fingerprint density at radius 2 is 0.650 bits per heavy atom. The Morgan fingerprint density at radius 1 is 0.650 bits per heavy atom. The van der Waals surface area contributed by atoms with Crippen molar-refractivity contribution in [2.45, 2.75) is 62.3 Å². The highest BCUT2D eigenvalue weighted by molar-refractivity contribution is 5.10. The molecule has 0 spiro atoms. The van der Waals surface area contributed by atoms with E-state index in [4.69, 9.17) is 4.79 Å². The van der Waals surface area contributed by atoms with Crippen LogP contribution in [-0.4, -0.2) is 21.0 Å². The zero-order chi connectivity index (χ0) is 19.4. The highest BCUT2D eigenvalue weighted by Crippen LogP contribution is 1.38. The van der Waals surface area contributed by atoms with Gasteiger partial charge in [-0.15, -0.1) is 32.9 Å². The molecule has 2 nitrogen and oxygen atoms in total. The van der Waals surface area contributed by atoms with Gasteiger partial charge in [0, 0.05) is 14.2 Å². The van der Waals surface area contributed by atoms with E-state index in [1.807, 2.05) is 69.1 Å². The van der Waals surface area contributed by atoms with Crippen LogP contribution in [0.25, 0.3) is 0 Å². The van der Waals surface area contributed by atoms with E-state index >= 15 is 0 Å². The molecule has 0 atom stereocenters. The summed E-state index contributed by atoms with van der Waals surface area (Å²) in [6.45, 7) is 35.2. The molecule has 0 N–H and O–H groups in total. The van der Waals surface area contributed by atoms with E-state index in [-0.39, 0.29) is 0 Å². The highest BCUT2D eigenvalue weighted by atomic mass is 16.4. The SMILES string of the molecule is C=C.C=C.C=CC.C=O.CC.CC.CC.CC.COC. The summed E-state index contributed by atoms with van der Waals surface area (Å²) in [7, 11) is 3.25. The van der Waals surface area contributed by atoms with Gasteiger partial charge in [-0.25, -0.2) is 0 Å². The number of carbonyl (C=O) groups is 1. The molecule has 0 saturated carbocycles. The average molecular weight is 295 g/mol. The van der Waals surface area contributed by atoms with Crippen molar-refractivity contribution in [1.29, 1.82) is 0 Å². The number of ether oxygens (including phenoxy) is 1. The number of methoxy groups -OCH3 is 1. The lowest BCUT2D eigenvalue weighted by Crippen LogP contribution is -1.55. The van der Waals surface area contributed by atoms with Gasteiger partial charge in [0.15, 0.2) is 0 Å². The summed E-state index contributed by atoms with van der Waals surface area (Å²) in [5.74, 6) is 0. The second-order valence-corrected chi connectivity index (χ2v) is 0.816. The molecule has 0 bridgehead atoms. The van der Waals surface area contributed by atoms with E-state index in [0.717, 1.165) is 0 Å². The summed E-state index contributed by atoms with van der Waals surface area (Å²) in [6, 6.07) is 0. The van der Waals surface area contributed by atoms with Crippen molar-refractivity contribution in [3.05, 3.63) is 39.0 Å². The Morgan fingerprint density at radius 3 is 0.650 bits per heavy atom. The van der Waals surface area contributed by atoms with Gasteiger partial charge in [-0.05, 0) is 6.92 Å². The van der Waals surface area contributed by atoms with Crippen molar-refractivity contribution >= 4 is 6.79 Å². The minimum Gasteiger partial charge on any atom is -0.388 e. The van der Waals surface area contributed by atoms with Crippen LogP contribution in [0.4, 0.5) is 0 Å². The first-order valence-corrected chi connectivity index (χ1v) is 7.09. The van der Waals surface area contributed by atoms with Crippen molar-refractivity contribution in [2.24, 2.45) is 0 Å². The lowest BCUT2D eigenvalue weighted by atomic mass is 10.8. The molecule has 0 fully saturated rings. The Bertz CT molecular complexity index is 41.9. The van der Waals surface area contributed by atoms with Gasteiger partial charge in [-0.1, -0.05) is 61.5 Å². The molecule has 0 aromatic rings. The topological polar surface area (TPSA) is 26.3 Å². The predicted molar refractivity (Wildman–Crippen MR) is 104 cm³/mol. The van der Waals surface area contributed by atoms with Crippen LogP contribution in [0.5, 0.6) is 0 Å². The molecule has 20 heavy (non-hydrogen) atoms. The maximum Gasteiger partial charge on any atom is 0.106 e. The van der Waals surface area contributed by atoms with Crippen LogP contribution in [0.2, 0.25) is 0 Å². The van der Waals surface area contributed by atoms with Gasteiger partial charge < -0.3 is 9.53 Å². The summed E-state index contributed by atoms with van der Waals surface area (Å²) >= 11 is 0. The zero-order valence-electron chi connectivity index (χ0n) is 16.6. The molecule has 0 saturated heterocycles. The van der Waals surface area contributed by atoms with Gasteiger partial charge in [0.25, 0.3) is 0 Å². The summed E-state index contributed by atoms with van der Waals surface area (Å²) in [4.78, 5) is 8.00. The fraction of sp³-hybridized carbons (Fsp3) is 0.611. The van der Waals surface area contributed by atoms with Gasteiger partial charge >= 0.3 is 0 Å². The largest absolute Gasteiger partial charge is 0.388 e. The van der Waals surface area contributed by atoms with Gasteiger partial charge in [0.2, 0.25) is 0 Å². The Hall–Kier alpha value is -1.15. The second kappa shape index (κ2) is 7010. The van der Waals surface area contributed by atoms with Gasteiger partial charge in [-0.2, -0.15) is 0 Å². The van der Waals surface area contributed by atoms with Crippen LogP contribution in [0, 0.1) is 0 Å². The monoisotopic (exact) mass is 294 g/mol. The third-order valence-electron chi connectivity index (χ3n) is 0. The number of rotatable bonds is 0. The summed E-state index contributed by atoms with van der Waals surface area (Å²) in [6.07, 6.45) is 1.75. The van der Waals surface area contributed by atoms with Crippen molar-refractivity contribution in [3.63, 3.8) is 0 Å². The number of hydrogen-bond donors (Lipinski definition) is 0. The molecule has 0 aromatic heterocycles. The van der Waals surface area contributed by atoms with Gasteiger partial charge in [0.1, 0.15) is 6.79 Å². The molecule has 0 aliphatic heterocycles. The normalized spacial score (nSPS) is 3.35. The van der Waals surface area contributed by atoms with Crippen molar-refractivity contribution in [1.82, 2.24) is 0 Å². The number of carbonyl (C=O) groups excluding carboxylic acids is 1. The Labute approximate surface area is 132 Å². The lowest BCUT2D eigenvalue weighted by Gasteiger charge is -1.61. The first-order valence-electron chi connectivity index (χ1n) is 7.09. The van der Waals surface area contributed by atoms with Crippen LogP contribution in [-0.2, 0) is 9.53 Å². The van der Waals surface area contributed by atoms with E-state index in [0.29, 0.717) is 0 Å². The second-order valence-electron chi connectivity index (χ2n) is 0.816. The van der Waals surface area contributed by atoms with E-state index in [9.17, 15) is 0 Å². The lowest BCUT2D eigenvalue weighted by molar-refractivity contribution is -0.0979. The summed E-state index contributed by atoms with van der Waals surface area (Å²) < 4.78 is 4.25. The molecule has 0 aliphatic carbocycles. The number of hydrogen-bond acceptors (Lipinski definition) is 2. The summed E-state index contributed by atoms with van der Waals surface area (Å²) in [5.41, 5.74) is 0. The molecule has 0 amide bonds. The van der Waals surface area contributed by atoms with Crippen LogP contribution < -0.4 is 0 Å². The third kappa shape index (κ3) is 3200. The third-order valence-corrected chi connectivity index (χ3v) is 0. The highest BCUT2D eigenvalue weighted by Gasteiger charge is 1.25. The van der Waals surface area contributed by atoms with Crippen molar-refractivity contribution in [2.75, 3.05) is 14.2 Å². The average Bonchev–Trinajstić information content (AvgIpc) is 2.61. The van der Waals surface area contributed by atoms with E-state index in [2.05, 4.69) is 37.6 Å². The zero-order valence-corrected chi connectivity index (χ0v) is 16.6. The van der Waals surface area contributed by atoms with E-state index in [1.165, 1.54) is 0 Å². The van der Waals surface area contributed by atoms with Crippen LogP contribution in [0.15, 0.2) is 39.0 Å². The smallest absolute Gasteiger partial charge is 0.106 e. The molecule has 0 aromatic carbocycles. The molecular weight excluding hydrogens is 248 g/mol. The molecule has 0 radical (unpaired) electrons. The maximum atomic E-state index is 8.00. The minimum atomic E-state index is 1.62. The van der Waals surface area contributed by atoms with Crippen LogP contribution >= 0.6 is 0 Å². The van der Waals surface area contributed by atoms with Crippen molar-refractivity contribution in [3.8, 4) is 0 Å². The van der Waals surface area contributed by atoms with Crippen LogP contribution in [0.1, 0.15) is 62.3 Å². The standard InChI is InChI=1S/C3H6.C2H6O.4C2H6.2C2H4.CH2O/c2*1-3-2;7*1-2/h3H,1H2,2H3;1-2H3;4*1-2H3;2*1-2H2;1H2.